The predicted octanol–water partition coefficient (Wildman–Crippen LogP) is 0.192. The summed E-state index contributed by atoms with van der Waals surface area (Å²) in [6, 6.07) is 2.30. The van der Waals surface area contributed by atoms with Crippen molar-refractivity contribution in [2.24, 2.45) is 17.4 Å². The Bertz CT molecular complexity index is 164. The molecule has 0 heterocycles. The molecule has 2 atom stereocenters. The van der Waals surface area contributed by atoms with E-state index in [1.54, 1.807) is 0 Å². The Morgan fingerprint density at radius 2 is 2.07 bits per heavy atom. The molecular weight excluding hydrogens is 176 g/mol. The number of nitrogens with one attached hydrogen (secondary N) is 1. The number of nitrogens with two attached hydrogens (primary N) is 2. The van der Waals surface area contributed by atoms with E-state index in [0.717, 1.165) is 25.9 Å². The molecule has 2 unspecified atom stereocenters. The van der Waals surface area contributed by atoms with Gasteiger partial charge in [0.2, 0.25) is 0 Å². The first-order valence-electron chi connectivity index (χ1n) is 5.25. The van der Waals surface area contributed by atoms with Crippen LogP contribution in [0.2, 0.25) is 0 Å². The zero-order valence-corrected chi connectivity index (χ0v) is 9.00. The predicted molar refractivity (Wildman–Crippen MR) is 58.5 cm³/mol. The van der Waals surface area contributed by atoms with Crippen LogP contribution >= 0.6 is 0 Å². The molecule has 0 aliphatic rings. The molecule has 0 fully saturated rings. The second kappa shape index (κ2) is 8.95. The molecule has 0 aromatic heterocycles. The first-order chi connectivity index (χ1) is 6.72. The first kappa shape index (κ1) is 13.4. The van der Waals surface area contributed by atoms with Crippen LogP contribution in [-0.4, -0.2) is 25.7 Å². The van der Waals surface area contributed by atoms with Gasteiger partial charge in [-0.05, 0) is 31.8 Å². The summed E-state index contributed by atoms with van der Waals surface area (Å²) in [5.74, 6) is 0.494. The summed E-state index contributed by atoms with van der Waals surface area (Å²) < 4.78 is 0. The molecule has 14 heavy (non-hydrogen) atoms. The molecule has 82 valence electrons. The van der Waals surface area contributed by atoms with E-state index < -0.39 is 0 Å². The molecule has 0 saturated heterocycles. The fourth-order valence-corrected chi connectivity index (χ4v) is 1.29. The highest BCUT2D eigenvalue weighted by Gasteiger charge is 2.10. The summed E-state index contributed by atoms with van der Waals surface area (Å²) in [4.78, 5) is 0. The van der Waals surface area contributed by atoms with Crippen molar-refractivity contribution in [3.63, 3.8) is 0 Å². The van der Waals surface area contributed by atoms with Gasteiger partial charge in [-0.2, -0.15) is 5.26 Å². The summed E-state index contributed by atoms with van der Waals surface area (Å²) in [6.45, 7) is 4.51. The highest BCUT2D eigenvalue weighted by Crippen LogP contribution is 2.07. The maximum absolute atomic E-state index is 8.31. The average Bonchev–Trinajstić information content (AvgIpc) is 2.17. The van der Waals surface area contributed by atoms with Crippen molar-refractivity contribution in [3.05, 3.63) is 0 Å². The summed E-state index contributed by atoms with van der Waals surface area (Å²) in [7, 11) is 0. The third-order valence-corrected chi connectivity index (χ3v) is 2.42. The van der Waals surface area contributed by atoms with E-state index >= 15 is 0 Å². The molecule has 0 saturated carbocycles. The average molecular weight is 198 g/mol. The first-order valence-corrected chi connectivity index (χ1v) is 5.25. The van der Waals surface area contributed by atoms with E-state index in [1.165, 1.54) is 0 Å². The fourth-order valence-electron chi connectivity index (χ4n) is 1.29. The van der Waals surface area contributed by atoms with Crippen LogP contribution in [0.25, 0.3) is 0 Å². The van der Waals surface area contributed by atoms with Gasteiger partial charge in [0.25, 0.3) is 0 Å². The lowest BCUT2D eigenvalue weighted by Crippen LogP contribution is -2.32. The molecule has 4 nitrogen and oxygen atoms in total. The lowest BCUT2D eigenvalue weighted by atomic mass is 9.96. The minimum atomic E-state index is 0.206. The maximum Gasteiger partial charge on any atom is 0.0635 e. The fraction of sp³-hybridized carbons (Fsp3) is 0.900. The van der Waals surface area contributed by atoms with Crippen LogP contribution in [0.4, 0.5) is 0 Å². The molecule has 5 N–H and O–H groups in total. The van der Waals surface area contributed by atoms with E-state index in [2.05, 4.69) is 18.3 Å². The van der Waals surface area contributed by atoms with Gasteiger partial charge in [0, 0.05) is 19.0 Å². The van der Waals surface area contributed by atoms with Gasteiger partial charge in [0.1, 0.15) is 0 Å². The number of hydrogen-bond acceptors (Lipinski definition) is 4. The van der Waals surface area contributed by atoms with Gasteiger partial charge in [0.05, 0.1) is 6.07 Å². The van der Waals surface area contributed by atoms with Crippen LogP contribution in [0, 0.1) is 17.2 Å². The Labute approximate surface area is 86.6 Å². The highest BCUT2D eigenvalue weighted by atomic mass is 14.8. The standard InChI is InChI=1S/C10H22N4/c1-9(10(13)3-6-12)4-8-14-7-2-5-11/h9-10,14H,2-4,6-8,12-13H2,1H3. The minimum absolute atomic E-state index is 0.206. The van der Waals surface area contributed by atoms with Crippen molar-refractivity contribution in [1.82, 2.24) is 5.32 Å². The molecule has 0 aromatic carbocycles. The van der Waals surface area contributed by atoms with Gasteiger partial charge in [-0.25, -0.2) is 0 Å². The maximum atomic E-state index is 8.31. The Kier molecular flexibility index (Phi) is 8.54. The minimum Gasteiger partial charge on any atom is -0.330 e. The zero-order chi connectivity index (χ0) is 10.8. The zero-order valence-electron chi connectivity index (χ0n) is 9.00. The largest absolute Gasteiger partial charge is 0.330 e. The number of rotatable bonds is 8. The van der Waals surface area contributed by atoms with Crippen molar-refractivity contribution in [2.75, 3.05) is 19.6 Å². The summed E-state index contributed by atoms with van der Waals surface area (Å²) in [6.07, 6.45) is 2.51. The normalized spacial score (nSPS) is 14.7. The van der Waals surface area contributed by atoms with Gasteiger partial charge < -0.3 is 16.8 Å². The van der Waals surface area contributed by atoms with Gasteiger partial charge >= 0.3 is 0 Å². The topological polar surface area (TPSA) is 87.9 Å². The van der Waals surface area contributed by atoms with Crippen LogP contribution in [0.3, 0.4) is 0 Å². The lowest BCUT2D eigenvalue weighted by Gasteiger charge is -2.19. The number of hydrogen-bond donors (Lipinski definition) is 3. The number of nitriles is 1. The Balaban J connectivity index is 3.34. The van der Waals surface area contributed by atoms with Gasteiger partial charge in [-0.1, -0.05) is 6.92 Å². The molecule has 0 bridgehead atoms. The van der Waals surface area contributed by atoms with E-state index in [4.69, 9.17) is 16.7 Å². The second-order valence-corrected chi connectivity index (χ2v) is 3.67. The smallest absolute Gasteiger partial charge is 0.0635 e. The van der Waals surface area contributed by atoms with E-state index in [-0.39, 0.29) is 6.04 Å². The SMILES string of the molecule is CC(CCNCCC#N)C(N)CCN. The highest BCUT2D eigenvalue weighted by molar-refractivity contribution is 4.72. The van der Waals surface area contributed by atoms with Crippen LogP contribution in [0.15, 0.2) is 0 Å². The summed E-state index contributed by atoms with van der Waals surface area (Å²) in [5.41, 5.74) is 11.3. The number of nitrogens with zero attached hydrogens (tertiary/aromatic N) is 1. The van der Waals surface area contributed by atoms with Crippen LogP contribution in [-0.2, 0) is 0 Å². The molecule has 0 radical (unpaired) electrons. The third kappa shape index (κ3) is 6.84. The Hall–Kier alpha value is -0.630. The van der Waals surface area contributed by atoms with Gasteiger partial charge in [-0.3, -0.25) is 0 Å². The molecule has 0 aliphatic heterocycles. The van der Waals surface area contributed by atoms with Crippen molar-refractivity contribution < 1.29 is 0 Å². The second-order valence-electron chi connectivity index (χ2n) is 3.67. The molecule has 0 aliphatic carbocycles. The van der Waals surface area contributed by atoms with Crippen molar-refractivity contribution in [1.29, 1.82) is 5.26 Å². The van der Waals surface area contributed by atoms with Crippen molar-refractivity contribution in [3.8, 4) is 6.07 Å². The quantitative estimate of drug-likeness (QED) is 0.486. The van der Waals surface area contributed by atoms with Gasteiger partial charge in [0.15, 0.2) is 0 Å². The molecular formula is C10H22N4. The molecule has 0 rings (SSSR count). The monoisotopic (exact) mass is 198 g/mol. The molecule has 0 spiro atoms. The van der Waals surface area contributed by atoms with E-state index in [0.29, 0.717) is 18.9 Å². The molecule has 0 aromatic rings. The Morgan fingerprint density at radius 1 is 1.36 bits per heavy atom. The van der Waals surface area contributed by atoms with Crippen molar-refractivity contribution in [2.45, 2.75) is 32.2 Å². The molecule has 4 heteroatoms. The van der Waals surface area contributed by atoms with E-state index in [1.807, 2.05) is 0 Å². The summed E-state index contributed by atoms with van der Waals surface area (Å²) >= 11 is 0. The van der Waals surface area contributed by atoms with Crippen molar-refractivity contribution >= 4 is 0 Å². The Morgan fingerprint density at radius 3 is 2.64 bits per heavy atom. The van der Waals surface area contributed by atoms with Crippen LogP contribution < -0.4 is 16.8 Å². The summed E-state index contributed by atoms with van der Waals surface area (Å²) in [5, 5.41) is 11.5. The van der Waals surface area contributed by atoms with Crippen LogP contribution in [0.5, 0.6) is 0 Å². The third-order valence-electron chi connectivity index (χ3n) is 2.42. The van der Waals surface area contributed by atoms with E-state index in [9.17, 15) is 0 Å². The molecule has 0 amide bonds. The van der Waals surface area contributed by atoms with Crippen LogP contribution in [0.1, 0.15) is 26.2 Å². The lowest BCUT2D eigenvalue weighted by molar-refractivity contribution is 0.401. The van der Waals surface area contributed by atoms with Gasteiger partial charge in [-0.15, -0.1) is 0 Å².